The molecule has 0 spiro atoms. The van der Waals surface area contributed by atoms with Crippen LogP contribution in [0.4, 0.5) is 14.5 Å². The maximum atomic E-state index is 14.3. The molecule has 0 aromatic heterocycles. The van der Waals surface area contributed by atoms with Crippen LogP contribution in [0.2, 0.25) is 5.02 Å². The van der Waals surface area contributed by atoms with Gasteiger partial charge in [0.15, 0.2) is 17.4 Å². The third kappa shape index (κ3) is 5.42. The number of halogens is 3. The van der Waals surface area contributed by atoms with Crippen LogP contribution in [0.5, 0.6) is 5.75 Å². The van der Waals surface area contributed by atoms with Gasteiger partial charge >= 0.3 is 5.97 Å². The lowest BCUT2D eigenvalue weighted by molar-refractivity contribution is -0.142. The van der Waals surface area contributed by atoms with Gasteiger partial charge in [-0.3, -0.25) is 5.01 Å². The zero-order valence-corrected chi connectivity index (χ0v) is 16.3. The van der Waals surface area contributed by atoms with Crippen LogP contribution in [-0.2, 0) is 16.1 Å². The van der Waals surface area contributed by atoms with E-state index in [0.29, 0.717) is 11.4 Å². The van der Waals surface area contributed by atoms with Crippen molar-refractivity contribution in [2.45, 2.75) is 26.0 Å². The number of carbonyl (C=O) groups is 1. The van der Waals surface area contributed by atoms with Crippen molar-refractivity contribution >= 4 is 29.0 Å². The van der Waals surface area contributed by atoms with Crippen LogP contribution in [0.3, 0.4) is 0 Å². The molecule has 0 saturated heterocycles. The summed E-state index contributed by atoms with van der Waals surface area (Å²) in [5, 5.41) is 15.3. The fourth-order valence-corrected chi connectivity index (χ4v) is 3.12. The van der Waals surface area contributed by atoms with Gasteiger partial charge in [0.2, 0.25) is 0 Å². The lowest BCUT2D eigenvalue weighted by atomic mass is 10.1. The van der Waals surface area contributed by atoms with Crippen LogP contribution in [-0.4, -0.2) is 36.0 Å². The summed E-state index contributed by atoms with van der Waals surface area (Å²) in [5.74, 6) is -3.42. The third-order valence-electron chi connectivity index (χ3n) is 4.22. The Morgan fingerprint density at radius 1 is 1.28 bits per heavy atom. The average molecular weight is 425 g/mol. The van der Waals surface area contributed by atoms with Gasteiger partial charge in [0.25, 0.3) is 0 Å². The standard InChI is InChI=1S/C20H19ClF2N2O4/c1-12-6-16(25(24-12)15-4-2-14(21)3-5-15)10-29-20-17(22)7-13(8-18(20)23)9-28-11-19(26)27/h2-5,7-8,16H,6,9-11H2,1H3,(H,26,27). The number of hydrogen-bond acceptors (Lipinski definition) is 5. The Bertz CT molecular complexity index is 898. The van der Waals surface area contributed by atoms with E-state index in [1.54, 1.807) is 17.1 Å². The number of ether oxygens (including phenoxy) is 2. The molecule has 3 rings (SSSR count). The first kappa shape index (κ1) is 21.0. The molecule has 6 nitrogen and oxygen atoms in total. The van der Waals surface area contributed by atoms with Crippen molar-refractivity contribution in [3.8, 4) is 5.75 Å². The number of hydrazone groups is 1. The van der Waals surface area contributed by atoms with Crippen LogP contribution in [0, 0.1) is 11.6 Å². The molecule has 1 N–H and O–H groups in total. The number of nitrogens with zero attached hydrogens (tertiary/aromatic N) is 2. The van der Waals surface area contributed by atoms with Gasteiger partial charge in [-0.25, -0.2) is 13.6 Å². The minimum absolute atomic E-state index is 0.0200. The molecule has 0 aliphatic carbocycles. The van der Waals surface area contributed by atoms with Crippen molar-refractivity contribution in [2.24, 2.45) is 5.10 Å². The second-order valence-corrected chi connectivity index (χ2v) is 7.04. The summed E-state index contributed by atoms with van der Waals surface area (Å²) in [7, 11) is 0. The van der Waals surface area contributed by atoms with E-state index in [1.165, 1.54) is 0 Å². The van der Waals surface area contributed by atoms with Gasteiger partial charge in [0.05, 0.1) is 18.3 Å². The molecule has 2 aromatic rings. The Morgan fingerprint density at radius 3 is 2.55 bits per heavy atom. The molecule has 0 radical (unpaired) electrons. The zero-order chi connectivity index (χ0) is 21.0. The predicted octanol–water partition coefficient (Wildman–Crippen LogP) is 4.25. The van der Waals surface area contributed by atoms with Crippen LogP contribution >= 0.6 is 11.6 Å². The maximum Gasteiger partial charge on any atom is 0.329 e. The second kappa shape index (κ2) is 9.19. The van der Waals surface area contributed by atoms with Gasteiger partial charge in [-0.15, -0.1) is 0 Å². The molecule has 0 fully saturated rings. The van der Waals surface area contributed by atoms with Crippen molar-refractivity contribution in [3.63, 3.8) is 0 Å². The number of benzene rings is 2. The molecule has 2 aromatic carbocycles. The molecule has 1 heterocycles. The van der Waals surface area contributed by atoms with E-state index in [4.69, 9.17) is 26.2 Å². The van der Waals surface area contributed by atoms with E-state index in [9.17, 15) is 13.6 Å². The van der Waals surface area contributed by atoms with Gasteiger partial charge in [-0.2, -0.15) is 5.10 Å². The summed E-state index contributed by atoms with van der Waals surface area (Å²) in [4.78, 5) is 10.4. The SMILES string of the molecule is CC1=NN(c2ccc(Cl)cc2)C(COc2c(F)cc(COCC(=O)O)cc2F)C1. The number of anilines is 1. The highest BCUT2D eigenvalue weighted by Crippen LogP contribution is 2.28. The number of carboxylic acid groups (broad SMARTS) is 1. The van der Waals surface area contributed by atoms with Crippen LogP contribution < -0.4 is 9.75 Å². The lowest BCUT2D eigenvalue weighted by Crippen LogP contribution is -2.32. The molecule has 0 amide bonds. The summed E-state index contributed by atoms with van der Waals surface area (Å²) in [5.41, 5.74) is 1.85. The van der Waals surface area contributed by atoms with E-state index >= 15 is 0 Å². The largest absolute Gasteiger partial charge is 0.485 e. The Labute approximate surface area is 171 Å². The van der Waals surface area contributed by atoms with E-state index in [2.05, 4.69) is 5.10 Å². The quantitative estimate of drug-likeness (QED) is 0.685. The number of hydrogen-bond donors (Lipinski definition) is 1. The molecular weight excluding hydrogens is 406 g/mol. The van der Waals surface area contributed by atoms with E-state index < -0.39 is 30.0 Å². The smallest absolute Gasteiger partial charge is 0.329 e. The second-order valence-electron chi connectivity index (χ2n) is 6.60. The Hall–Kier alpha value is -2.71. The van der Waals surface area contributed by atoms with E-state index in [0.717, 1.165) is 23.5 Å². The predicted molar refractivity (Wildman–Crippen MR) is 105 cm³/mol. The first-order chi connectivity index (χ1) is 13.8. The van der Waals surface area contributed by atoms with Crippen molar-refractivity contribution in [3.05, 3.63) is 58.6 Å². The first-order valence-corrected chi connectivity index (χ1v) is 9.20. The molecule has 1 aliphatic heterocycles. The molecule has 1 unspecified atom stereocenters. The minimum atomic E-state index is -1.16. The molecule has 29 heavy (non-hydrogen) atoms. The fraction of sp³-hybridized carbons (Fsp3) is 0.300. The normalized spacial score (nSPS) is 16.1. The van der Waals surface area contributed by atoms with Gasteiger partial charge in [0.1, 0.15) is 13.2 Å². The fourth-order valence-electron chi connectivity index (χ4n) is 3.00. The Balaban J connectivity index is 1.67. The van der Waals surface area contributed by atoms with Crippen molar-refractivity contribution in [1.82, 2.24) is 0 Å². The van der Waals surface area contributed by atoms with Gasteiger partial charge < -0.3 is 14.6 Å². The maximum absolute atomic E-state index is 14.3. The molecule has 154 valence electrons. The highest BCUT2D eigenvalue weighted by Gasteiger charge is 2.27. The Kier molecular flexibility index (Phi) is 6.66. The molecule has 1 aliphatic rings. The monoisotopic (exact) mass is 424 g/mol. The average Bonchev–Trinajstić information content (AvgIpc) is 3.02. The molecule has 0 saturated carbocycles. The summed E-state index contributed by atoms with van der Waals surface area (Å²) >= 11 is 5.92. The van der Waals surface area contributed by atoms with Crippen molar-refractivity contribution in [1.29, 1.82) is 0 Å². The summed E-state index contributed by atoms with van der Waals surface area (Å²) < 4.78 is 38.9. The third-order valence-corrected chi connectivity index (χ3v) is 4.47. The van der Waals surface area contributed by atoms with Crippen LogP contribution in [0.15, 0.2) is 41.5 Å². The minimum Gasteiger partial charge on any atom is -0.485 e. The van der Waals surface area contributed by atoms with Gasteiger partial charge in [0, 0.05) is 17.2 Å². The highest BCUT2D eigenvalue weighted by atomic mass is 35.5. The number of aliphatic carboxylic acids is 1. The van der Waals surface area contributed by atoms with E-state index in [1.807, 2.05) is 19.1 Å². The summed E-state index contributed by atoms with van der Waals surface area (Å²) in [6.45, 7) is 1.12. The van der Waals surface area contributed by atoms with E-state index in [-0.39, 0.29) is 24.8 Å². The molecule has 0 bridgehead atoms. The lowest BCUT2D eigenvalue weighted by Gasteiger charge is -2.24. The zero-order valence-electron chi connectivity index (χ0n) is 15.6. The van der Waals surface area contributed by atoms with Crippen molar-refractivity contribution in [2.75, 3.05) is 18.2 Å². The Morgan fingerprint density at radius 2 is 1.93 bits per heavy atom. The summed E-state index contributed by atoms with van der Waals surface area (Å²) in [6, 6.07) is 9.00. The molecule has 1 atom stereocenters. The molecule has 9 heteroatoms. The summed E-state index contributed by atoms with van der Waals surface area (Å²) in [6.07, 6.45) is 0.590. The number of rotatable bonds is 8. The highest BCUT2D eigenvalue weighted by molar-refractivity contribution is 6.30. The first-order valence-electron chi connectivity index (χ1n) is 8.82. The van der Waals surface area contributed by atoms with Gasteiger partial charge in [-0.05, 0) is 48.9 Å². The van der Waals surface area contributed by atoms with Crippen LogP contribution in [0.25, 0.3) is 0 Å². The topological polar surface area (TPSA) is 71.4 Å². The van der Waals surface area contributed by atoms with Crippen LogP contribution in [0.1, 0.15) is 18.9 Å². The van der Waals surface area contributed by atoms with Gasteiger partial charge in [-0.1, -0.05) is 11.6 Å². The molecular formula is C20H19ClF2N2O4. The number of carboxylic acids is 1. The van der Waals surface area contributed by atoms with Crippen molar-refractivity contribution < 1.29 is 28.2 Å².